The molecule has 2 N–H and O–H groups in total. The second-order valence-corrected chi connectivity index (χ2v) is 8.56. The van der Waals surface area contributed by atoms with Gasteiger partial charge in [0.15, 0.2) is 5.96 Å². The predicted octanol–water partition coefficient (Wildman–Crippen LogP) is 2.83. The van der Waals surface area contributed by atoms with Crippen LogP contribution in [0, 0.1) is 0 Å². The minimum absolute atomic E-state index is 0. The molecule has 3 rings (SSSR count). The first-order valence-electron chi connectivity index (χ1n) is 11.1. The number of likely N-dealkylation sites (tertiary alicyclic amines) is 1. The first-order valence-corrected chi connectivity index (χ1v) is 11.1. The van der Waals surface area contributed by atoms with Crippen LogP contribution in [0.25, 0.3) is 0 Å². The van der Waals surface area contributed by atoms with Crippen molar-refractivity contribution in [1.29, 1.82) is 0 Å². The monoisotopic (exact) mass is 547 g/mol. The van der Waals surface area contributed by atoms with E-state index in [0.29, 0.717) is 19.5 Å². The number of alkyl halides is 3. The van der Waals surface area contributed by atoms with Crippen LogP contribution in [0.1, 0.15) is 45.4 Å². The second kappa shape index (κ2) is 12.1. The molecule has 1 saturated carbocycles. The highest BCUT2D eigenvalue weighted by Crippen LogP contribution is 2.34. The molecule has 0 amide bonds. The smallest absolute Gasteiger partial charge is 0.379 e. The van der Waals surface area contributed by atoms with Crippen LogP contribution in [0.3, 0.4) is 0 Å². The molecular weight excluding hydrogens is 510 g/mol. The fourth-order valence-electron chi connectivity index (χ4n) is 4.91. The molecule has 1 atom stereocenters. The summed E-state index contributed by atoms with van der Waals surface area (Å²) in [5.41, 5.74) is 0.0857. The van der Waals surface area contributed by atoms with Crippen molar-refractivity contribution in [3.05, 3.63) is 0 Å². The molecular formula is C20H37F3IN5O. The van der Waals surface area contributed by atoms with Crippen molar-refractivity contribution in [3.8, 4) is 0 Å². The van der Waals surface area contributed by atoms with E-state index >= 15 is 0 Å². The van der Waals surface area contributed by atoms with Gasteiger partial charge in [-0.05, 0) is 26.2 Å². The zero-order valence-corrected chi connectivity index (χ0v) is 20.3. The van der Waals surface area contributed by atoms with Gasteiger partial charge in [0, 0.05) is 44.3 Å². The molecule has 176 valence electrons. The van der Waals surface area contributed by atoms with Gasteiger partial charge in [-0.2, -0.15) is 13.2 Å². The third kappa shape index (κ3) is 7.67. The van der Waals surface area contributed by atoms with E-state index in [4.69, 9.17) is 9.73 Å². The van der Waals surface area contributed by atoms with Crippen molar-refractivity contribution >= 4 is 29.9 Å². The summed E-state index contributed by atoms with van der Waals surface area (Å²) in [6.45, 7) is 6.97. The van der Waals surface area contributed by atoms with Gasteiger partial charge < -0.3 is 15.4 Å². The molecule has 10 heteroatoms. The van der Waals surface area contributed by atoms with Crippen LogP contribution in [0.15, 0.2) is 4.99 Å². The number of morpholine rings is 1. The third-order valence-corrected chi connectivity index (χ3v) is 6.36. The molecule has 0 bridgehead atoms. The highest BCUT2D eigenvalue weighted by atomic mass is 127. The summed E-state index contributed by atoms with van der Waals surface area (Å²) in [7, 11) is 0. The topological polar surface area (TPSA) is 52.1 Å². The summed E-state index contributed by atoms with van der Waals surface area (Å²) >= 11 is 0. The molecule has 1 aliphatic carbocycles. The molecule has 0 aromatic carbocycles. The number of halogens is 4. The second-order valence-electron chi connectivity index (χ2n) is 8.56. The van der Waals surface area contributed by atoms with Gasteiger partial charge in [0.05, 0.1) is 26.3 Å². The van der Waals surface area contributed by atoms with E-state index in [0.717, 1.165) is 58.2 Å². The van der Waals surface area contributed by atoms with Crippen molar-refractivity contribution in [2.24, 2.45) is 4.99 Å². The molecule has 3 fully saturated rings. The Labute approximate surface area is 195 Å². The van der Waals surface area contributed by atoms with Gasteiger partial charge in [0.25, 0.3) is 0 Å². The van der Waals surface area contributed by atoms with Crippen LogP contribution >= 0.6 is 24.0 Å². The lowest BCUT2D eigenvalue weighted by molar-refractivity contribution is -0.143. The summed E-state index contributed by atoms with van der Waals surface area (Å²) < 4.78 is 43.5. The zero-order chi connectivity index (χ0) is 20.7. The number of hydrogen-bond acceptors (Lipinski definition) is 4. The number of rotatable bonds is 6. The van der Waals surface area contributed by atoms with E-state index in [1.807, 2.05) is 6.92 Å². The predicted molar refractivity (Wildman–Crippen MR) is 124 cm³/mol. The minimum atomic E-state index is -4.14. The highest BCUT2D eigenvalue weighted by molar-refractivity contribution is 14.0. The Morgan fingerprint density at radius 1 is 1.13 bits per heavy atom. The molecule has 2 aliphatic heterocycles. The lowest BCUT2D eigenvalue weighted by Crippen LogP contribution is -2.57. The molecule has 0 radical (unpaired) electrons. The fourth-order valence-corrected chi connectivity index (χ4v) is 4.91. The molecule has 0 aromatic rings. The third-order valence-electron chi connectivity index (χ3n) is 6.36. The Hall–Kier alpha value is -0.330. The standard InChI is InChI=1S/C20H36F3N5O.HI/c1-2-24-18(26-17-6-9-27(14-17)16-20(21,22)23)25-15-19(7-4-3-5-8-19)28-10-12-29-13-11-28;/h17H,2-16H2,1H3,(H2,24,25,26);1H. The van der Waals surface area contributed by atoms with E-state index in [1.165, 1.54) is 24.2 Å². The van der Waals surface area contributed by atoms with Gasteiger partial charge in [-0.1, -0.05) is 19.3 Å². The molecule has 2 saturated heterocycles. The average Bonchev–Trinajstić information content (AvgIpc) is 3.13. The number of ether oxygens (including phenoxy) is 1. The van der Waals surface area contributed by atoms with Crippen LogP contribution in [-0.2, 0) is 4.74 Å². The van der Waals surface area contributed by atoms with Crippen molar-refractivity contribution < 1.29 is 17.9 Å². The van der Waals surface area contributed by atoms with Crippen LogP contribution in [0.5, 0.6) is 0 Å². The first kappa shape index (κ1) is 25.9. The molecule has 30 heavy (non-hydrogen) atoms. The molecule has 0 spiro atoms. The van der Waals surface area contributed by atoms with Gasteiger partial charge in [-0.3, -0.25) is 14.8 Å². The minimum Gasteiger partial charge on any atom is -0.379 e. The van der Waals surface area contributed by atoms with Crippen molar-refractivity contribution in [2.45, 2.75) is 63.2 Å². The highest BCUT2D eigenvalue weighted by Gasteiger charge is 2.39. The summed E-state index contributed by atoms with van der Waals surface area (Å²) in [5.74, 6) is 0.726. The molecule has 3 aliphatic rings. The van der Waals surface area contributed by atoms with E-state index in [-0.39, 0.29) is 35.6 Å². The van der Waals surface area contributed by atoms with E-state index in [1.54, 1.807) is 0 Å². The Kier molecular flexibility index (Phi) is 10.4. The summed E-state index contributed by atoms with van der Waals surface area (Å²) in [5, 5.41) is 6.67. The van der Waals surface area contributed by atoms with Crippen LogP contribution in [-0.4, -0.2) is 92.5 Å². The van der Waals surface area contributed by atoms with E-state index < -0.39 is 12.7 Å². The SMILES string of the molecule is CCNC(=NCC1(N2CCOCC2)CCCCC1)NC1CCN(CC(F)(F)F)C1.I. The van der Waals surface area contributed by atoms with Crippen molar-refractivity contribution in [1.82, 2.24) is 20.4 Å². The van der Waals surface area contributed by atoms with Gasteiger partial charge >= 0.3 is 6.18 Å². The maximum Gasteiger partial charge on any atom is 0.401 e. The number of hydrogen-bond donors (Lipinski definition) is 2. The molecule has 1 unspecified atom stereocenters. The average molecular weight is 547 g/mol. The molecule has 6 nitrogen and oxygen atoms in total. The number of nitrogens with one attached hydrogen (secondary N) is 2. The van der Waals surface area contributed by atoms with Crippen LogP contribution in [0.4, 0.5) is 13.2 Å². The maximum absolute atomic E-state index is 12.7. The zero-order valence-electron chi connectivity index (χ0n) is 18.0. The van der Waals surface area contributed by atoms with E-state index in [2.05, 4.69) is 15.5 Å². The summed E-state index contributed by atoms with van der Waals surface area (Å²) in [6, 6.07) is 0.000780. The maximum atomic E-state index is 12.7. The first-order chi connectivity index (χ1) is 13.9. The van der Waals surface area contributed by atoms with Crippen molar-refractivity contribution in [2.75, 3.05) is 59.0 Å². The largest absolute Gasteiger partial charge is 0.401 e. The van der Waals surface area contributed by atoms with Gasteiger partial charge in [-0.15, -0.1) is 24.0 Å². The number of nitrogens with zero attached hydrogens (tertiary/aromatic N) is 3. The van der Waals surface area contributed by atoms with E-state index in [9.17, 15) is 13.2 Å². The Balaban J connectivity index is 0.00000320. The number of guanidine groups is 1. The normalized spacial score (nSPS) is 26.3. The van der Waals surface area contributed by atoms with Gasteiger partial charge in [-0.25, -0.2) is 0 Å². The number of aliphatic imine (C=N–C) groups is 1. The van der Waals surface area contributed by atoms with Crippen LogP contribution < -0.4 is 10.6 Å². The van der Waals surface area contributed by atoms with Crippen LogP contribution in [0.2, 0.25) is 0 Å². The Bertz CT molecular complexity index is 537. The lowest BCUT2D eigenvalue weighted by atomic mass is 9.80. The van der Waals surface area contributed by atoms with Gasteiger partial charge in [0.1, 0.15) is 0 Å². The van der Waals surface area contributed by atoms with Gasteiger partial charge in [0.2, 0.25) is 0 Å². The molecule has 0 aromatic heterocycles. The summed E-state index contributed by atoms with van der Waals surface area (Å²) in [6.07, 6.45) is 2.61. The van der Waals surface area contributed by atoms with Crippen molar-refractivity contribution in [3.63, 3.8) is 0 Å². The Morgan fingerprint density at radius 3 is 2.47 bits per heavy atom. The Morgan fingerprint density at radius 2 is 1.83 bits per heavy atom. The molecule has 2 heterocycles. The quantitative estimate of drug-likeness (QED) is 0.305. The fraction of sp³-hybridized carbons (Fsp3) is 0.950. The lowest BCUT2D eigenvalue weighted by Gasteiger charge is -2.47. The summed E-state index contributed by atoms with van der Waals surface area (Å²) in [4.78, 5) is 8.95.